The van der Waals surface area contributed by atoms with Crippen LogP contribution >= 0.6 is 0 Å². The van der Waals surface area contributed by atoms with Crippen molar-refractivity contribution < 1.29 is 0 Å². The molecule has 0 saturated carbocycles. The molecule has 2 aromatic rings. The Bertz CT molecular complexity index is 777. The predicted molar refractivity (Wildman–Crippen MR) is 95.3 cm³/mol. The van der Waals surface area contributed by atoms with Gasteiger partial charge in [-0.05, 0) is 46.0 Å². The van der Waals surface area contributed by atoms with Crippen molar-refractivity contribution >= 4 is 11.5 Å². The topological polar surface area (TPSA) is 66.3 Å². The summed E-state index contributed by atoms with van der Waals surface area (Å²) in [6.07, 6.45) is 7.65. The maximum atomic E-state index is 4.58. The summed E-state index contributed by atoms with van der Waals surface area (Å²) in [5, 5.41) is 3.61. The van der Waals surface area contributed by atoms with Gasteiger partial charge in [0.1, 0.15) is 12.1 Å². The van der Waals surface area contributed by atoms with Gasteiger partial charge in [-0.1, -0.05) is 0 Å². The van der Waals surface area contributed by atoms with Crippen molar-refractivity contribution in [3.63, 3.8) is 0 Å². The number of aromatic nitrogens is 3. The fraction of sp³-hybridized carbons (Fsp3) is 0.444. The van der Waals surface area contributed by atoms with E-state index >= 15 is 0 Å². The van der Waals surface area contributed by atoms with Gasteiger partial charge in [-0.25, -0.2) is 9.97 Å². The summed E-state index contributed by atoms with van der Waals surface area (Å²) >= 11 is 0. The molecule has 1 saturated heterocycles. The lowest BCUT2D eigenvalue weighted by Crippen LogP contribution is -2.37. The number of nitrogens with zero attached hydrogens (tertiary/aromatic N) is 5. The van der Waals surface area contributed by atoms with Crippen molar-refractivity contribution in [3.05, 3.63) is 36.0 Å². The first kappa shape index (κ1) is 15.2. The molecule has 4 rings (SSSR count). The highest BCUT2D eigenvalue weighted by Crippen LogP contribution is 2.29. The molecule has 6 heteroatoms. The Balaban J connectivity index is 1.62. The van der Waals surface area contributed by atoms with Crippen LogP contribution in [0.3, 0.4) is 0 Å². The first-order valence-electron chi connectivity index (χ1n) is 8.46. The van der Waals surface area contributed by atoms with Crippen LogP contribution in [0.5, 0.6) is 0 Å². The second-order valence-electron chi connectivity index (χ2n) is 6.63. The third-order valence-electron chi connectivity index (χ3n) is 4.91. The van der Waals surface area contributed by atoms with Crippen LogP contribution in [0.15, 0.2) is 29.8 Å². The normalized spacial score (nSPS) is 18.3. The first-order valence-corrected chi connectivity index (χ1v) is 8.46. The highest BCUT2D eigenvalue weighted by Gasteiger charge is 2.20. The lowest BCUT2D eigenvalue weighted by molar-refractivity contribution is 0.263. The summed E-state index contributed by atoms with van der Waals surface area (Å²) < 4.78 is 0. The molecule has 0 spiro atoms. The molecule has 0 radical (unpaired) electrons. The second-order valence-corrected chi connectivity index (χ2v) is 6.63. The van der Waals surface area contributed by atoms with Gasteiger partial charge < -0.3 is 10.2 Å². The molecule has 124 valence electrons. The summed E-state index contributed by atoms with van der Waals surface area (Å²) in [6.45, 7) is 4.96. The Morgan fingerprint density at radius 2 is 1.96 bits per heavy atom. The number of fused-ring (bicyclic) bond motifs is 1. The predicted octanol–water partition coefficient (Wildman–Crippen LogP) is 2.37. The van der Waals surface area contributed by atoms with E-state index in [2.05, 4.69) is 43.3 Å². The number of rotatable bonds is 3. The van der Waals surface area contributed by atoms with E-state index in [1.54, 1.807) is 6.33 Å². The van der Waals surface area contributed by atoms with E-state index in [0.717, 1.165) is 59.8 Å². The monoisotopic (exact) mass is 322 g/mol. The minimum atomic E-state index is 0.459. The molecule has 1 N–H and O–H groups in total. The molecule has 0 bridgehead atoms. The van der Waals surface area contributed by atoms with E-state index in [-0.39, 0.29) is 0 Å². The molecule has 0 unspecified atom stereocenters. The van der Waals surface area contributed by atoms with Gasteiger partial charge in [0.2, 0.25) is 0 Å². The maximum absolute atomic E-state index is 4.58. The number of hydrogen-bond acceptors (Lipinski definition) is 6. The van der Waals surface area contributed by atoms with Crippen molar-refractivity contribution in [1.82, 2.24) is 19.9 Å². The van der Waals surface area contributed by atoms with Crippen LogP contribution < -0.4 is 5.32 Å². The van der Waals surface area contributed by atoms with Gasteiger partial charge in [-0.2, -0.15) is 0 Å². The zero-order chi connectivity index (χ0) is 16.5. The molecule has 0 amide bonds. The minimum Gasteiger partial charge on any atom is -0.367 e. The SMILES string of the molecule is CC1=NCc2ncc(-c3cncnc3NC3CCN(C)CC3)cc21. The minimum absolute atomic E-state index is 0.459. The Hall–Kier alpha value is -2.34. The summed E-state index contributed by atoms with van der Waals surface area (Å²) in [5.41, 5.74) is 5.30. The zero-order valence-electron chi connectivity index (χ0n) is 14.2. The number of piperidine rings is 1. The number of pyridine rings is 1. The molecule has 0 atom stereocenters. The van der Waals surface area contributed by atoms with E-state index < -0.39 is 0 Å². The number of likely N-dealkylation sites (tertiary alicyclic amines) is 1. The largest absolute Gasteiger partial charge is 0.367 e. The maximum Gasteiger partial charge on any atom is 0.137 e. The lowest BCUT2D eigenvalue weighted by atomic mass is 10.0. The molecule has 4 heterocycles. The van der Waals surface area contributed by atoms with Gasteiger partial charge in [0, 0.05) is 40.8 Å². The van der Waals surface area contributed by atoms with Crippen molar-refractivity contribution in [2.75, 3.05) is 25.5 Å². The van der Waals surface area contributed by atoms with Gasteiger partial charge in [-0.3, -0.25) is 9.98 Å². The molecule has 0 aromatic carbocycles. The van der Waals surface area contributed by atoms with E-state index in [4.69, 9.17) is 0 Å². The number of hydrogen-bond donors (Lipinski definition) is 1. The molecule has 6 nitrogen and oxygen atoms in total. The molecule has 24 heavy (non-hydrogen) atoms. The summed E-state index contributed by atoms with van der Waals surface area (Å²) in [7, 11) is 2.17. The number of anilines is 1. The quantitative estimate of drug-likeness (QED) is 0.940. The van der Waals surface area contributed by atoms with Crippen LogP contribution in [0.4, 0.5) is 5.82 Å². The molecule has 2 aromatic heterocycles. The smallest absolute Gasteiger partial charge is 0.137 e. The molecule has 1 fully saturated rings. The molecule has 2 aliphatic heterocycles. The van der Waals surface area contributed by atoms with Crippen molar-refractivity contribution in [1.29, 1.82) is 0 Å². The van der Waals surface area contributed by atoms with Gasteiger partial charge >= 0.3 is 0 Å². The van der Waals surface area contributed by atoms with Crippen molar-refractivity contribution in [2.45, 2.75) is 32.4 Å². The highest BCUT2D eigenvalue weighted by atomic mass is 15.1. The van der Waals surface area contributed by atoms with Gasteiger partial charge in [0.15, 0.2) is 0 Å². The van der Waals surface area contributed by atoms with Crippen LogP contribution in [0.25, 0.3) is 11.1 Å². The van der Waals surface area contributed by atoms with E-state index in [1.807, 2.05) is 19.3 Å². The first-order chi connectivity index (χ1) is 11.7. The average molecular weight is 322 g/mol. The second kappa shape index (κ2) is 6.28. The fourth-order valence-corrected chi connectivity index (χ4v) is 3.36. The number of aliphatic imine (C=N–C) groups is 1. The summed E-state index contributed by atoms with van der Waals surface area (Å²) in [4.78, 5) is 20.1. The van der Waals surface area contributed by atoms with Crippen LogP contribution in [0, 0.1) is 0 Å². The standard InChI is InChI=1S/C18H22N6/c1-12-15-7-13(8-21-17(15)10-20-12)16-9-19-11-22-18(16)23-14-3-5-24(2)6-4-14/h7-9,11,14H,3-6,10H2,1-2H3,(H,19,22,23). The highest BCUT2D eigenvalue weighted by molar-refractivity contribution is 6.02. The summed E-state index contributed by atoms with van der Waals surface area (Å²) in [5.74, 6) is 0.897. The van der Waals surface area contributed by atoms with Crippen molar-refractivity contribution in [3.8, 4) is 11.1 Å². The Morgan fingerprint density at radius 1 is 1.12 bits per heavy atom. The van der Waals surface area contributed by atoms with Gasteiger partial charge in [-0.15, -0.1) is 0 Å². The third kappa shape index (κ3) is 2.89. The number of nitrogens with one attached hydrogen (secondary N) is 1. The molecule has 0 aliphatic carbocycles. The van der Waals surface area contributed by atoms with Crippen LogP contribution in [0.2, 0.25) is 0 Å². The third-order valence-corrected chi connectivity index (χ3v) is 4.91. The van der Waals surface area contributed by atoms with Gasteiger partial charge in [0.25, 0.3) is 0 Å². The molecule has 2 aliphatic rings. The van der Waals surface area contributed by atoms with E-state index in [0.29, 0.717) is 12.6 Å². The zero-order valence-corrected chi connectivity index (χ0v) is 14.2. The Labute approximate surface area is 142 Å². The van der Waals surface area contributed by atoms with E-state index in [9.17, 15) is 0 Å². The lowest BCUT2D eigenvalue weighted by Gasteiger charge is -2.30. The Morgan fingerprint density at radius 3 is 2.79 bits per heavy atom. The molecular formula is C18H22N6. The van der Waals surface area contributed by atoms with Gasteiger partial charge in [0.05, 0.1) is 12.2 Å². The summed E-state index contributed by atoms with van der Waals surface area (Å²) in [6, 6.07) is 2.62. The fourth-order valence-electron chi connectivity index (χ4n) is 3.36. The van der Waals surface area contributed by atoms with E-state index in [1.165, 1.54) is 0 Å². The van der Waals surface area contributed by atoms with Crippen molar-refractivity contribution in [2.24, 2.45) is 4.99 Å². The van der Waals surface area contributed by atoms with Crippen LogP contribution in [-0.4, -0.2) is 51.7 Å². The molecular weight excluding hydrogens is 300 g/mol. The average Bonchev–Trinajstić information content (AvgIpc) is 2.98. The van der Waals surface area contributed by atoms with Crippen LogP contribution in [0.1, 0.15) is 31.0 Å². The van der Waals surface area contributed by atoms with Crippen LogP contribution in [-0.2, 0) is 6.54 Å². The Kier molecular flexibility index (Phi) is 3.98.